The summed E-state index contributed by atoms with van der Waals surface area (Å²) in [7, 11) is 2.21. The van der Waals surface area contributed by atoms with Gasteiger partial charge < -0.3 is 4.40 Å². The zero-order chi connectivity index (χ0) is 24.1. The van der Waals surface area contributed by atoms with Gasteiger partial charge in [0.25, 0.3) is 0 Å². The van der Waals surface area contributed by atoms with Crippen molar-refractivity contribution in [1.29, 1.82) is 0 Å². The minimum Gasteiger partial charge on any atom is -0.307 e. The molecule has 1 fully saturated rings. The Balaban J connectivity index is 1.72. The lowest BCUT2D eigenvalue weighted by Gasteiger charge is -2.18. The summed E-state index contributed by atoms with van der Waals surface area (Å²) >= 11 is 0. The molecule has 0 amide bonds. The third-order valence-corrected chi connectivity index (χ3v) is 8.48. The number of pyridine rings is 2. The first kappa shape index (κ1) is 21.2. The maximum absolute atomic E-state index is 2.62. The lowest BCUT2D eigenvalue weighted by Crippen LogP contribution is -2.29. The lowest BCUT2D eigenvalue weighted by atomic mass is 9.88. The first-order valence-electron chi connectivity index (χ1n) is 13.3. The van der Waals surface area contributed by atoms with E-state index in [1.807, 2.05) is 0 Å². The van der Waals surface area contributed by atoms with E-state index in [2.05, 4.69) is 98.4 Å². The molecule has 3 heterocycles. The number of fused-ring (bicyclic) bond motifs is 5. The molecule has 0 N–H and O–H groups in total. The van der Waals surface area contributed by atoms with E-state index in [4.69, 9.17) is 0 Å². The van der Waals surface area contributed by atoms with Crippen LogP contribution >= 0.6 is 0 Å². The Kier molecular flexibility index (Phi) is 4.35. The van der Waals surface area contributed by atoms with Crippen LogP contribution in [0.4, 0.5) is 0 Å². The largest absolute Gasteiger partial charge is 0.307 e. The van der Waals surface area contributed by atoms with Crippen LogP contribution in [-0.4, -0.2) is 4.40 Å². The minimum absolute atomic E-state index is 0.263. The molecule has 6 aromatic rings. The van der Waals surface area contributed by atoms with E-state index in [1.54, 1.807) is 0 Å². The van der Waals surface area contributed by atoms with Gasteiger partial charge in [-0.1, -0.05) is 63.9 Å². The number of rotatable bonds is 2. The molecule has 1 saturated carbocycles. The average molecular weight is 460 g/mol. The molecular formula is C33H35N2+. The molecule has 0 unspecified atom stereocenters. The molecule has 1 aliphatic carbocycles. The molecule has 0 radical (unpaired) electrons. The quantitative estimate of drug-likeness (QED) is 0.140. The van der Waals surface area contributed by atoms with Gasteiger partial charge in [-0.15, -0.1) is 0 Å². The van der Waals surface area contributed by atoms with Crippen LogP contribution < -0.4 is 4.57 Å². The van der Waals surface area contributed by atoms with E-state index < -0.39 is 0 Å². The third kappa shape index (κ3) is 3.05. The molecule has 1 aliphatic rings. The summed E-state index contributed by atoms with van der Waals surface area (Å²) < 4.78 is 4.96. The van der Waals surface area contributed by atoms with Gasteiger partial charge in [0.2, 0.25) is 5.52 Å². The zero-order valence-corrected chi connectivity index (χ0v) is 21.7. The standard InChI is InChI=1S/C33H35N2/c1-20-10-12-26-25-13-11-21(19-33(2,3)4)16-27(25)35-28-18-24(22-8-6-7-9-22)17-23-14-15-34(5)32(30(23)28)29(20)31(26)35/h10-18,22H,6-9,19H2,1-5H3/q+1. The summed E-state index contributed by atoms with van der Waals surface area (Å²) in [6, 6.07) is 19.2. The zero-order valence-electron chi connectivity index (χ0n) is 21.7. The fourth-order valence-electron chi connectivity index (χ4n) is 7.00. The van der Waals surface area contributed by atoms with Crippen molar-refractivity contribution >= 4 is 49.0 Å². The summed E-state index contributed by atoms with van der Waals surface area (Å²) in [5.74, 6) is 0.695. The Hall–Kier alpha value is -3.13. The number of benzene rings is 3. The van der Waals surface area contributed by atoms with Crippen LogP contribution in [0.25, 0.3) is 49.0 Å². The maximum atomic E-state index is 2.62. The van der Waals surface area contributed by atoms with Crippen molar-refractivity contribution in [3.63, 3.8) is 0 Å². The van der Waals surface area contributed by atoms with Crippen LogP contribution in [0.2, 0.25) is 0 Å². The van der Waals surface area contributed by atoms with Gasteiger partial charge in [-0.3, -0.25) is 0 Å². The van der Waals surface area contributed by atoms with E-state index >= 15 is 0 Å². The summed E-state index contributed by atoms with van der Waals surface area (Å²) in [6.07, 6.45) is 8.72. The van der Waals surface area contributed by atoms with Crippen molar-refractivity contribution in [2.75, 3.05) is 0 Å². The predicted octanol–water partition coefficient (Wildman–Crippen LogP) is 8.37. The molecule has 0 aliphatic heterocycles. The third-order valence-electron chi connectivity index (χ3n) is 8.48. The highest BCUT2D eigenvalue weighted by atomic mass is 15.0. The van der Waals surface area contributed by atoms with Gasteiger partial charge in [0.05, 0.1) is 27.3 Å². The second kappa shape index (κ2) is 7.20. The van der Waals surface area contributed by atoms with E-state index in [9.17, 15) is 0 Å². The average Bonchev–Trinajstić information content (AvgIpc) is 3.45. The van der Waals surface area contributed by atoms with Crippen LogP contribution in [0.15, 0.2) is 54.7 Å². The summed E-state index contributed by atoms with van der Waals surface area (Å²) in [6.45, 7) is 9.28. The number of hydrogen-bond acceptors (Lipinski definition) is 0. The van der Waals surface area contributed by atoms with Gasteiger partial charge in [0, 0.05) is 16.8 Å². The second-order valence-corrected chi connectivity index (χ2v) is 12.3. The van der Waals surface area contributed by atoms with Crippen molar-refractivity contribution in [2.24, 2.45) is 12.5 Å². The molecule has 0 atom stereocenters. The van der Waals surface area contributed by atoms with Crippen molar-refractivity contribution < 1.29 is 4.57 Å². The van der Waals surface area contributed by atoms with Crippen LogP contribution in [0.1, 0.15) is 69.1 Å². The van der Waals surface area contributed by atoms with Crippen molar-refractivity contribution in [1.82, 2.24) is 4.40 Å². The van der Waals surface area contributed by atoms with Gasteiger partial charge in [-0.25, -0.2) is 4.57 Å². The molecule has 2 nitrogen and oxygen atoms in total. The Labute approximate surface area is 207 Å². The maximum Gasteiger partial charge on any atom is 0.224 e. The van der Waals surface area contributed by atoms with Gasteiger partial charge in [-0.05, 0) is 71.7 Å². The van der Waals surface area contributed by atoms with Crippen LogP contribution in [0.5, 0.6) is 0 Å². The highest BCUT2D eigenvalue weighted by Gasteiger charge is 2.26. The Morgan fingerprint density at radius 1 is 0.886 bits per heavy atom. The van der Waals surface area contributed by atoms with Gasteiger partial charge in [0.15, 0.2) is 6.20 Å². The lowest BCUT2D eigenvalue weighted by molar-refractivity contribution is -0.643. The minimum atomic E-state index is 0.263. The van der Waals surface area contributed by atoms with Crippen molar-refractivity contribution in [3.05, 3.63) is 71.4 Å². The highest BCUT2D eigenvalue weighted by molar-refractivity contribution is 6.25. The summed E-state index contributed by atoms with van der Waals surface area (Å²) in [5.41, 5.74) is 10.1. The number of aryl methyl sites for hydroxylation is 2. The fraction of sp³-hybridized carbons (Fsp3) is 0.364. The number of nitrogens with zero attached hydrogens (tertiary/aromatic N) is 2. The Bertz CT molecular complexity index is 1770. The molecule has 7 rings (SSSR count). The normalized spacial score (nSPS) is 15.7. The highest BCUT2D eigenvalue weighted by Crippen LogP contribution is 2.43. The summed E-state index contributed by atoms with van der Waals surface area (Å²) in [4.78, 5) is 0. The van der Waals surface area contributed by atoms with Gasteiger partial charge in [0.1, 0.15) is 7.05 Å². The number of hydrogen-bond donors (Lipinski definition) is 0. The predicted molar refractivity (Wildman–Crippen MR) is 149 cm³/mol. The van der Waals surface area contributed by atoms with Crippen LogP contribution in [0.3, 0.4) is 0 Å². The smallest absolute Gasteiger partial charge is 0.224 e. The van der Waals surface area contributed by atoms with Crippen molar-refractivity contribution in [2.45, 2.75) is 65.7 Å². The molecule has 35 heavy (non-hydrogen) atoms. The first-order valence-corrected chi connectivity index (χ1v) is 13.3. The first-order chi connectivity index (χ1) is 16.8. The number of aromatic nitrogens is 2. The molecule has 0 bridgehead atoms. The molecule has 3 aromatic heterocycles. The van der Waals surface area contributed by atoms with E-state index in [0.29, 0.717) is 5.92 Å². The molecule has 2 heteroatoms. The molecule has 0 spiro atoms. The monoisotopic (exact) mass is 459 g/mol. The van der Waals surface area contributed by atoms with E-state index in [0.717, 1.165) is 6.42 Å². The Morgan fingerprint density at radius 2 is 1.66 bits per heavy atom. The molecule has 176 valence electrons. The fourth-order valence-corrected chi connectivity index (χ4v) is 7.00. The topological polar surface area (TPSA) is 8.29 Å². The van der Waals surface area contributed by atoms with Gasteiger partial charge in [-0.2, -0.15) is 0 Å². The SMILES string of the molecule is Cc1ccc2c3ccc(CC(C)(C)C)cc3n3c4cc(C5CCCC5)cc5cc[n+](C)c(c1c23)c54. The molecule has 3 aromatic carbocycles. The van der Waals surface area contributed by atoms with E-state index in [1.165, 1.54) is 91.4 Å². The Morgan fingerprint density at radius 3 is 2.43 bits per heavy atom. The van der Waals surface area contributed by atoms with Gasteiger partial charge >= 0.3 is 0 Å². The summed E-state index contributed by atoms with van der Waals surface area (Å²) in [5, 5.41) is 6.92. The van der Waals surface area contributed by atoms with Crippen LogP contribution in [0, 0.1) is 12.3 Å². The van der Waals surface area contributed by atoms with Crippen molar-refractivity contribution in [3.8, 4) is 0 Å². The molecular weight excluding hydrogens is 424 g/mol. The van der Waals surface area contributed by atoms with Crippen LogP contribution in [-0.2, 0) is 13.5 Å². The second-order valence-electron chi connectivity index (χ2n) is 12.3. The van der Waals surface area contributed by atoms with E-state index in [-0.39, 0.29) is 5.41 Å². The molecule has 0 saturated heterocycles.